The van der Waals surface area contributed by atoms with Crippen LogP contribution in [0.15, 0.2) is 0 Å². The molecule has 0 saturated carbocycles. The summed E-state index contributed by atoms with van der Waals surface area (Å²) in [6.07, 6.45) is -1.25. The highest BCUT2D eigenvalue weighted by molar-refractivity contribution is 5.96. The van der Waals surface area contributed by atoms with Crippen molar-refractivity contribution in [2.24, 2.45) is 5.73 Å². The molecule has 0 rings (SSSR count). The quantitative estimate of drug-likeness (QED) is 0.325. The van der Waals surface area contributed by atoms with Gasteiger partial charge in [-0.15, -0.1) is 0 Å². The summed E-state index contributed by atoms with van der Waals surface area (Å²) < 4.78 is 0. The monoisotopic (exact) mass is 174 g/mol. The summed E-state index contributed by atoms with van der Waals surface area (Å²) in [5.41, 5.74) is 4.81. The molecule has 0 aromatic heterocycles. The number of primary amides is 1. The van der Waals surface area contributed by atoms with Crippen LogP contribution in [0.2, 0.25) is 0 Å². The topological polar surface area (TPSA) is 120 Å². The number of urea groups is 1. The van der Waals surface area contributed by atoms with Gasteiger partial charge in [0.15, 0.2) is 0 Å². The Balaban J connectivity index is 3.88. The third kappa shape index (κ3) is 3.40. The number of nitrogens with zero attached hydrogens (tertiary/aromatic N) is 1. The van der Waals surface area contributed by atoms with Crippen LogP contribution in [0.1, 0.15) is 0 Å². The molecule has 0 saturated heterocycles. The molecule has 0 aromatic carbocycles. The number of amidine groups is 1. The van der Waals surface area contributed by atoms with E-state index in [1.807, 2.05) is 5.32 Å². The Hall–Kier alpha value is -1.79. The zero-order valence-corrected chi connectivity index (χ0v) is 6.50. The first-order valence-corrected chi connectivity index (χ1v) is 3.02. The normalized spacial score (nSPS) is 8.75. The van der Waals surface area contributed by atoms with Crippen molar-refractivity contribution >= 4 is 18.0 Å². The van der Waals surface area contributed by atoms with E-state index >= 15 is 0 Å². The van der Waals surface area contributed by atoms with Crippen LogP contribution in [0.4, 0.5) is 9.59 Å². The van der Waals surface area contributed by atoms with E-state index in [2.05, 4.69) is 0 Å². The smallest absolute Gasteiger partial charge is 0.405 e. The van der Waals surface area contributed by atoms with Crippen LogP contribution in [0.25, 0.3) is 0 Å². The lowest BCUT2D eigenvalue weighted by atomic mass is 10.5. The van der Waals surface area contributed by atoms with Crippen molar-refractivity contribution in [3.8, 4) is 0 Å². The van der Waals surface area contributed by atoms with E-state index < -0.39 is 12.1 Å². The first kappa shape index (κ1) is 10.2. The number of rotatable bonds is 2. The van der Waals surface area contributed by atoms with Gasteiger partial charge in [0, 0.05) is 7.05 Å². The largest absolute Gasteiger partial charge is 0.465 e. The van der Waals surface area contributed by atoms with E-state index in [1.54, 1.807) is 0 Å². The van der Waals surface area contributed by atoms with E-state index in [9.17, 15) is 9.59 Å². The lowest BCUT2D eigenvalue weighted by molar-refractivity contribution is 0.195. The van der Waals surface area contributed by atoms with E-state index in [4.69, 9.17) is 16.2 Å². The second-order valence-corrected chi connectivity index (χ2v) is 2.00. The van der Waals surface area contributed by atoms with Gasteiger partial charge < -0.3 is 16.2 Å². The number of nitrogens with one attached hydrogen (secondary N) is 2. The fourth-order valence-electron chi connectivity index (χ4n) is 0.411. The van der Waals surface area contributed by atoms with Crippen molar-refractivity contribution in [2.45, 2.75) is 0 Å². The number of hydrogen-bond donors (Lipinski definition) is 4. The van der Waals surface area contributed by atoms with Crippen LogP contribution >= 0.6 is 0 Å². The maximum Gasteiger partial charge on any atom is 0.405 e. The highest BCUT2D eigenvalue weighted by Crippen LogP contribution is 1.82. The number of carboxylic acid groups (broad SMARTS) is 1. The van der Waals surface area contributed by atoms with Crippen molar-refractivity contribution in [3.05, 3.63) is 0 Å². The molecule has 0 heterocycles. The van der Waals surface area contributed by atoms with Gasteiger partial charge in [-0.25, -0.2) is 9.59 Å². The first-order valence-electron chi connectivity index (χ1n) is 3.02. The van der Waals surface area contributed by atoms with Gasteiger partial charge in [-0.1, -0.05) is 0 Å². The summed E-state index contributed by atoms with van der Waals surface area (Å²) in [6.45, 7) is -0.241. The van der Waals surface area contributed by atoms with Gasteiger partial charge in [-0.3, -0.25) is 10.3 Å². The average Bonchev–Trinajstić information content (AvgIpc) is 1.98. The Morgan fingerprint density at radius 2 is 2.17 bits per heavy atom. The van der Waals surface area contributed by atoms with Gasteiger partial charge in [0.1, 0.15) is 5.84 Å². The van der Waals surface area contributed by atoms with Crippen LogP contribution in [0.3, 0.4) is 0 Å². The van der Waals surface area contributed by atoms with Gasteiger partial charge in [-0.05, 0) is 0 Å². The molecule has 0 unspecified atom stereocenters. The Labute approximate surface area is 68.7 Å². The highest BCUT2D eigenvalue weighted by Gasteiger charge is 2.09. The minimum atomic E-state index is -1.25. The molecular weight excluding hydrogens is 164 g/mol. The minimum absolute atomic E-state index is 0.204. The Bertz CT molecular complexity index is 215. The molecule has 0 aliphatic rings. The molecule has 0 aliphatic heterocycles. The maximum atomic E-state index is 10.4. The lowest BCUT2D eigenvalue weighted by Gasteiger charge is -2.14. The molecule has 0 bridgehead atoms. The number of hydrogen-bond acceptors (Lipinski definition) is 3. The average molecular weight is 174 g/mol. The van der Waals surface area contributed by atoms with Crippen molar-refractivity contribution in [2.75, 3.05) is 13.6 Å². The maximum absolute atomic E-state index is 10.4. The summed E-state index contributed by atoms with van der Waals surface area (Å²) in [4.78, 5) is 21.2. The zero-order valence-electron chi connectivity index (χ0n) is 6.50. The molecule has 0 fully saturated rings. The summed E-state index contributed by atoms with van der Waals surface area (Å²) in [6, 6.07) is -0.799. The molecule has 68 valence electrons. The van der Waals surface area contributed by atoms with Gasteiger partial charge in [0.25, 0.3) is 0 Å². The summed E-state index contributed by atoms with van der Waals surface area (Å²) in [5, 5.41) is 17.2. The Kier molecular flexibility index (Phi) is 3.54. The highest BCUT2D eigenvalue weighted by atomic mass is 16.4. The minimum Gasteiger partial charge on any atom is -0.465 e. The van der Waals surface area contributed by atoms with Crippen molar-refractivity contribution in [1.29, 1.82) is 5.41 Å². The molecule has 5 N–H and O–H groups in total. The van der Waals surface area contributed by atoms with Crippen LogP contribution in [0.5, 0.6) is 0 Å². The fourth-order valence-corrected chi connectivity index (χ4v) is 0.411. The van der Waals surface area contributed by atoms with Gasteiger partial charge in [0.2, 0.25) is 0 Å². The van der Waals surface area contributed by atoms with Gasteiger partial charge >= 0.3 is 12.1 Å². The SMILES string of the molecule is CN(C(=N)CNC(=O)O)C(N)=O. The third-order valence-corrected chi connectivity index (χ3v) is 1.14. The van der Waals surface area contributed by atoms with Crippen LogP contribution < -0.4 is 11.1 Å². The predicted molar refractivity (Wildman–Crippen MR) is 41.1 cm³/mol. The molecule has 7 nitrogen and oxygen atoms in total. The summed E-state index contributed by atoms with van der Waals surface area (Å²) in [5.74, 6) is -0.204. The first-order chi connectivity index (χ1) is 5.45. The molecular formula is C5H10N4O3. The summed E-state index contributed by atoms with van der Waals surface area (Å²) >= 11 is 0. The standard InChI is InChI=1S/C5H10N4O3/c1-9(4(7)10)3(6)2-8-5(11)12/h6,8H,2H2,1H3,(H2,7,10)(H,11,12). The van der Waals surface area contributed by atoms with E-state index in [1.165, 1.54) is 7.05 Å². The van der Waals surface area contributed by atoms with Gasteiger partial charge in [0.05, 0.1) is 6.54 Å². The van der Waals surface area contributed by atoms with Crippen LogP contribution in [-0.4, -0.2) is 41.6 Å². The number of nitrogens with two attached hydrogens (primary N) is 1. The van der Waals surface area contributed by atoms with Gasteiger partial charge in [-0.2, -0.15) is 0 Å². The molecule has 3 amide bonds. The van der Waals surface area contributed by atoms with E-state index in [0.29, 0.717) is 0 Å². The van der Waals surface area contributed by atoms with Crippen molar-refractivity contribution < 1.29 is 14.7 Å². The van der Waals surface area contributed by atoms with Crippen molar-refractivity contribution in [1.82, 2.24) is 10.2 Å². The Morgan fingerprint density at radius 1 is 1.67 bits per heavy atom. The predicted octanol–water partition coefficient (Wildman–Crippen LogP) is -0.758. The third-order valence-electron chi connectivity index (χ3n) is 1.14. The molecule has 12 heavy (non-hydrogen) atoms. The molecule has 7 heteroatoms. The fraction of sp³-hybridized carbons (Fsp3) is 0.400. The zero-order chi connectivity index (χ0) is 9.72. The molecule has 0 radical (unpaired) electrons. The molecule has 0 aromatic rings. The summed E-state index contributed by atoms with van der Waals surface area (Å²) in [7, 11) is 1.29. The van der Waals surface area contributed by atoms with Crippen molar-refractivity contribution in [3.63, 3.8) is 0 Å². The Morgan fingerprint density at radius 3 is 2.50 bits per heavy atom. The number of carbonyl (C=O) groups is 2. The number of likely N-dealkylation sites (N-methyl/N-ethyl adjacent to an activating group) is 1. The number of amides is 3. The van der Waals surface area contributed by atoms with Crippen LogP contribution in [-0.2, 0) is 0 Å². The molecule has 0 spiro atoms. The van der Waals surface area contributed by atoms with E-state index in [-0.39, 0.29) is 12.4 Å². The molecule has 0 aliphatic carbocycles. The lowest BCUT2D eigenvalue weighted by Crippen LogP contribution is -2.42. The second-order valence-electron chi connectivity index (χ2n) is 2.00. The van der Waals surface area contributed by atoms with Crippen LogP contribution in [0, 0.1) is 5.41 Å². The number of carbonyl (C=O) groups excluding carboxylic acids is 1. The van der Waals surface area contributed by atoms with E-state index in [0.717, 1.165) is 4.90 Å². The molecule has 0 atom stereocenters. The second kappa shape index (κ2) is 4.16.